The van der Waals surface area contributed by atoms with E-state index in [1.807, 2.05) is 31.2 Å². The van der Waals surface area contributed by atoms with Crippen molar-refractivity contribution in [1.29, 1.82) is 0 Å². The number of rotatable bonds is 7. The Labute approximate surface area is 176 Å². The quantitative estimate of drug-likeness (QED) is 0.643. The van der Waals surface area contributed by atoms with E-state index in [1.54, 1.807) is 31.2 Å². The molecule has 1 aliphatic heterocycles. The molecule has 8 heteroatoms. The summed E-state index contributed by atoms with van der Waals surface area (Å²) in [6.45, 7) is 3.81. The predicted octanol–water partition coefficient (Wildman–Crippen LogP) is 3.52. The van der Waals surface area contributed by atoms with Gasteiger partial charge in [0, 0.05) is 4.47 Å². The number of anilines is 1. The number of ether oxygens (including phenoxy) is 2. The molecule has 0 saturated heterocycles. The van der Waals surface area contributed by atoms with Gasteiger partial charge in [-0.05, 0) is 61.9 Å². The number of halogens is 1. The molecule has 3 rings (SSSR count). The first-order valence-corrected chi connectivity index (χ1v) is 9.73. The van der Waals surface area contributed by atoms with Gasteiger partial charge in [0.2, 0.25) is 0 Å². The van der Waals surface area contributed by atoms with Crippen molar-refractivity contribution in [2.75, 3.05) is 18.2 Å². The van der Waals surface area contributed by atoms with Gasteiger partial charge >= 0.3 is 0 Å². The molecule has 2 N–H and O–H groups in total. The molecule has 0 bridgehead atoms. The van der Waals surface area contributed by atoms with Crippen molar-refractivity contribution in [3.05, 3.63) is 58.1 Å². The normalized spacial score (nSPS) is 14.9. The fourth-order valence-electron chi connectivity index (χ4n) is 2.76. The van der Waals surface area contributed by atoms with Crippen LogP contribution in [0.1, 0.15) is 19.4 Å². The van der Waals surface area contributed by atoms with E-state index < -0.39 is 5.91 Å². The van der Waals surface area contributed by atoms with Crippen LogP contribution in [-0.4, -0.2) is 30.7 Å². The Morgan fingerprint density at radius 2 is 1.90 bits per heavy atom. The van der Waals surface area contributed by atoms with Crippen LogP contribution in [0.3, 0.4) is 0 Å². The Balaban J connectivity index is 1.88. The van der Waals surface area contributed by atoms with Crippen molar-refractivity contribution >= 4 is 45.2 Å². The van der Waals surface area contributed by atoms with Crippen molar-refractivity contribution in [1.82, 2.24) is 0 Å². The Morgan fingerprint density at radius 1 is 1.17 bits per heavy atom. The number of nitrogens with two attached hydrogens (primary N) is 1. The lowest BCUT2D eigenvalue weighted by atomic mass is 10.1. The fraction of sp³-hybridized carbons (Fsp3) is 0.190. The smallest absolute Gasteiger partial charge is 0.280 e. The van der Waals surface area contributed by atoms with Gasteiger partial charge in [-0.1, -0.05) is 22.0 Å². The molecule has 0 spiro atoms. The van der Waals surface area contributed by atoms with E-state index in [-0.39, 0.29) is 12.5 Å². The van der Waals surface area contributed by atoms with Gasteiger partial charge < -0.3 is 15.2 Å². The number of hydrogen-bond donors (Lipinski definition) is 1. The van der Waals surface area contributed by atoms with E-state index in [0.717, 1.165) is 10.0 Å². The minimum absolute atomic E-state index is 0.211. The summed E-state index contributed by atoms with van der Waals surface area (Å²) in [6, 6.07) is 12.5. The molecule has 0 fully saturated rings. The number of hydrazone groups is 1. The summed E-state index contributed by atoms with van der Waals surface area (Å²) in [5.74, 6) is 0.0900. The third-order valence-corrected chi connectivity index (χ3v) is 4.61. The van der Waals surface area contributed by atoms with Crippen LogP contribution in [0, 0.1) is 0 Å². The number of amides is 2. The zero-order valence-corrected chi connectivity index (χ0v) is 17.6. The van der Waals surface area contributed by atoms with E-state index in [4.69, 9.17) is 15.2 Å². The maximum absolute atomic E-state index is 12.9. The van der Waals surface area contributed by atoms with Crippen LogP contribution < -0.4 is 20.2 Å². The van der Waals surface area contributed by atoms with Crippen LogP contribution in [0.4, 0.5) is 5.69 Å². The predicted molar refractivity (Wildman–Crippen MR) is 115 cm³/mol. The topological polar surface area (TPSA) is 94.2 Å². The Morgan fingerprint density at radius 3 is 2.55 bits per heavy atom. The molecule has 150 valence electrons. The van der Waals surface area contributed by atoms with Gasteiger partial charge in [0.05, 0.1) is 23.6 Å². The van der Waals surface area contributed by atoms with Gasteiger partial charge in [0.15, 0.2) is 18.1 Å². The van der Waals surface area contributed by atoms with Gasteiger partial charge in [-0.15, -0.1) is 0 Å². The highest BCUT2D eigenvalue weighted by Gasteiger charge is 2.28. The second-order valence-corrected chi connectivity index (χ2v) is 7.15. The van der Waals surface area contributed by atoms with E-state index in [9.17, 15) is 9.59 Å². The summed E-state index contributed by atoms with van der Waals surface area (Å²) >= 11 is 3.38. The SMILES string of the molecule is CCOc1cc(/C=C2/C(=O)N(c3ccc(Br)cc3)N=C2C)ccc1OCC(N)=O. The van der Waals surface area contributed by atoms with Crippen LogP contribution in [0.25, 0.3) is 6.08 Å². The van der Waals surface area contributed by atoms with Crippen molar-refractivity contribution in [2.45, 2.75) is 13.8 Å². The zero-order chi connectivity index (χ0) is 21.0. The maximum atomic E-state index is 12.9. The largest absolute Gasteiger partial charge is 0.490 e. The molecular weight excluding hydrogens is 438 g/mol. The molecule has 1 aliphatic rings. The minimum atomic E-state index is -0.574. The summed E-state index contributed by atoms with van der Waals surface area (Å²) in [5.41, 5.74) is 7.67. The molecule has 2 aromatic carbocycles. The highest BCUT2D eigenvalue weighted by Crippen LogP contribution is 2.31. The van der Waals surface area contributed by atoms with Gasteiger partial charge in [-0.2, -0.15) is 10.1 Å². The molecule has 2 amide bonds. The maximum Gasteiger partial charge on any atom is 0.280 e. The first kappa shape index (κ1) is 20.6. The number of hydrogen-bond acceptors (Lipinski definition) is 5. The molecule has 0 radical (unpaired) electrons. The lowest BCUT2D eigenvalue weighted by Crippen LogP contribution is -2.21. The van der Waals surface area contributed by atoms with Crippen LogP contribution in [0.2, 0.25) is 0 Å². The van der Waals surface area contributed by atoms with Gasteiger partial charge in [-0.25, -0.2) is 0 Å². The summed E-state index contributed by atoms with van der Waals surface area (Å²) in [7, 11) is 0. The number of carbonyl (C=O) groups is 2. The second-order valence-electron chi connectivity index (χ2n) is 6.23. The summed E-state index contributed by atoms with van der Waals surface area (Å²) in [6.07, 6.45) is 1.75. The lowest BCUT2D eigenvalue weighted by Gasteiger charge is -2.12. The van der Waals surface area contributed by atoms with Crippen molar-refractivity contribution < 1.29 is 19.1 Å². The average molecular weight is 458 g/mol. The molecular formula is C21H20BrN3O4. The standard InChI is InChI=1S/C21H20BrN3O4/c1-3-28-19-11-14(4-9-18(19)29-12-20(23)26)10-17-13(2)24-25(21(17)27)16-7-5-15(22)6-8-16/h4-11H,3,12H2,1-2H3,(H2,23,26)/b17-10+. The third kappa shape index (κ3) is 4.83. The molecule has 0 unspecified atom stereocenters. The summed E-state index contributed by atoms with van der Waals surface area (Å²) < 4.78 is 11.9. The van der Waals surface area contributed by atoms with Gasteiger partial charge in [0.25, 0.3) is 11.8 Å². The van der Waals surface area contributed by atoms with E-state index in [2.05, 4.69) is 21.0 Å². The lowest BCUT2D eigenvalue weighted by molar-refractivity contribution is -0.120. The summed E-state index contributed by atoms with van der Waals surface area (Å²) in [4.78, 5) is 23.9. The van der Waals surface area contributed by atoms with Crippen LogP contribution >= 0.6 is 15.9 Å². The molecule has 0 aliphatic carbocycles. The Bertz CT molecular complexity index is 999. The molecule has 7 nitrogen and oxygen atoms in total. The summed E-state index contributed by atoms with van der Waals surface area (Å²) in [5, 5.41) is 5.76. The fourth-order valence-corrected chi connectivity index (χ4v) is 3.02. The molecule has 29 heavy (non-hydrogen) atoms. The van der Waals surface area contributed by atoms with Crippen LogP contribution in [0.5, 0.6) is 11.5 Å². The highest BCUT2D eigenvalue weighted by molar-refractivity contribution is 9.10. The van der Waals surface area contributed by atoms with E-state index >= 15 is 0 Å². The Kier molecular flexibility index (Phi) is 6.33. The van der Waals surface area contributed by atoms with Gasteiger partial charge in [-0.3, -0.25) is 9.59 Å². The minimum Gasteiger partial charge on any atom is -0.490 e. The molecule has 0 saturated carbocycles. The van der Waals surface area contributed by atoms with Crippen LogP contribution in [-0.2, 0) is 9.59 Å². The molecule has 1 heterocycles. The Hall–Kier alpha value is -3.13. The van der Waals surface area contributed by atoms with Crippen molar-refractivity contribution in [3.8, 4) is 11.5 Å². The van der Waals surface area contributed by atoms with Crippen LogP contribution in [0.15, 0.2) is 57.6 Å². The number of benzene rings is 2. The molecule has 2 aromatic rings. The number of carbonyl (C=O) groups excluding carboxylic acids is 2. The average Bonchev–Trinajstić information content (AvgIpc) is 2.96. The zero-order valence-electron chi connectivity index (χ0n) is 16.0. The number of primary amides is 1. The second kappa shape index (κ2) is 8.91. The van der Waals surface area contributed by atoms with E-state index in [1.165, 1.54) is 5.01 Å². The van der Waals surface area contributed by atoms with Gasteiger partial charge in [0.1, 0.15) is 0 Å². The first-order chi connectivity index (χ1) is 13.9. The number of nitrogens with zero attached hydrogens (tertiary/aromatic N) is 2. The highest BCUT2D eigenvalue weighted by atomic mass is 79.9. The third-order valence-electron chi connectivity index (χ3n) is 4.08. The monoisotopic (exact) mass is 457 g/mol. The van der Waals surface area contributed by atoms with E-state index in [0.29, 0.717) is 35.1 Å². The van der Waals surface area contributed by atoms with Crippen molar-refractivity contribution in [2.24, 2.45) is 10.8 Å². The van der Waals surface area contributed by atoms with Crippen molar-refractivity contribution in [3.63, 3.8) is 0 Å². The first-order valence-electron chi connectivity index (χ1n) is 8.94. The molecule has 0 aromatic heterocycles. The molecule has 0 atom stereocenters.